The third kappa shape index (κ3) is 3.45. The molecule has 4 rings (SSSR count). The van der Waals surface area contributed by atoms with Crippen LogP contribution in [-0.2, 0) is 16.1 Å². The maximum Gasteiger partial charge on any atom is 0.262 e. The van der Waals surface area contributed by atoms with E-state index in [1.807, 2.05) is 6.07 Å². The molecule has 28 heavy (non-hydrogen) atoms. The van der Waals surface area contributed by atoms with Crippen LogP contribution in [0.15, 0.2) is 18.2 Å². The molecule has 2 fully saturated rings. The molecule has 0 aromatic heterocycles. The highest BCUT2D eigenvalue weighted by atomic mass is 16.2. The lowest BCUT2D eigenvalue weighted by molar-refractivity contribution is -0.136. The first-order valence-electron chi connectivity index (χ1n) is 9.77. The van der Waals surface area contributed by atoms with E-state index in [-0.39, 0.29) is 24.8 Å². The number of carbonyl (C=O) groups excluding carboxylic acids is 4. The minimum Gasteiger partial charge on any atom is -0.328 e. The molecular weight excluding hydrogens is 360 g/mol. The predicted molar refractivity (Wildman–Crippen MR) is 100 cm³/mol. The summed E-state index contributed by atoms with van der Waals surface area (Å²) in [5.41, 5.74) is 7.55. The lowest BCUT2D eigenvalue weighted by atomic mass is 9.91. The molecule has 2 heterocycles. The molecule has 8 heteroatoms. The van der Waals surface area contributed by atoms with Crippen molar-refractivity contribution in [2.24, 2.45) is 5.73 Å². The van der Waals surface area contributed by atoms with Crippen molar-refractivity contribution in [1.29, 1.82) is 0 Å². The van der Waals surface area contributed by atoms with Crippen LogP contribution in [0.4, 0.5) is 0 Å². The number of hydrogen-bond donors (Lipinski definition) is 3. The summed E-state index contributed by atoms with van der Waals surface area (Å²) in [7, 11) is 0. The highest BCUT2D eigenvalue weighted by molar-refractivity contribution is 6.23. The van der Waals surface area contributed by atoms with Crippen LogP contribution < -0.4 is 16.4 Å². The van der Waals surface area contributed by atoms with Crippen LogP contribution >= 0.6 is 0 Å². The summed E-state index contributed by atoms with van der Waals surface area (Å²) in [6.45, 7) is 0.588. The first-order valence-corrected chi connectivity index (χ1v) is 9.77. The van der Waals surface area contributed by atoms with Gasteiger partial charge in [0.2, 0.25) is 11.8 Å². The number of hydrogen-bond acceptors (Lipinski definition) is 6. The monoisotopic (exact) mass is 384 g/mol. The Morgan fingerprint density at radius 3 is 2.61 bits per heavy atom. The predicted octanol–water partition coefficient (Wildman–Crippen LogP) is 0.447. The number of amides is 4. The zero-order valence-corrected chi connectivity index (χ0v) is 15.6. The van der Waals surface area contributed by atoms with E-state index < -0.39 is 23.8 Å². The van der Waals surface area contributed by atoms with Gasteiger partial charge in [0.05, 0.1) is 11.1 Å². The van der Waals surface area contributed by atoms with Crippen LogP contribution in [0.2, 0.25) is 0 Å². The van der Waals surface area contributed by atoms with Crippen molar-refractivity contribution in [2.45, 2.75) is 63.2 Å². The number of rotatable bonds is 4. The van der Waals surface area contributed by atoms with Crippen LogP contribution in [0, 0.1) is 0 Å². The topological polar surface area (TPSA) is 122 Å². The molecule has 1 saturated carbocycles. The zero-order valence-electron chi connectivity index (χ0n) is 15.6. The number of piperidine rings is 1. The van der Waals surface area contributed by atoms with Gasteiger partial charge < -0.3 is 11.1 Å². The quantitative estimate of drug-likeness (QED) is 0.648. The number of benzene rings is 1. The van der Waals surface area contributed by atoms with Gasteiger partial charge in [-0.2, -0.15) is 0 Å². The molecule has 1 aromatic rings. The van der Waals surface area contributed by atoms with Crippen molar-refractivity contribution in [3.05, 3.63) is 34.9 Å². The van der Waals surface area contributed by atoms with E-state index in [9.17, 15) is 19.2 Å². The van der Waals surface area contributed by atoms with E-state index in [2.05, 4.69) is 10.6 Å². The Morgan fingerprint density at radius 2 is 1.86 bits per heavy atom. The van der Waals surface area contributed by atoms with Crippen molar-refractivity contribution in [1.82, 2.24) is 15.5 Å². The summed E-state index contributed by atoms with van der Waals surface area (Å²) < 4.78 is 0. The molecule has 3 aliphatic rings. The molecule has 1 aliphatic carbocycles. The number of nitrogens with two attached hydrogens (primary N) is 1. The summed E-state index contributed by atoms with van der Waals surface area (Å²) in [5.74, 6) is -1.93. The van der Waals surface area contributed by atoms with E-state index in [0.717, 1.165) is 36.1 Å². The average Bonchev–Trinajstić information content (AvgIpc) is 2.91. The fourth-order valence-corrected chi connectivity index (χ4v) is 4.30. The normalized spacial score (nSPS) is 27.8. The van der Waals surface area contributed by atoms with Crippen LogP contribution in [0.1, 0.15) is 64.8 Å². The highest BCUT2D eigenvalue weighted by Crippen LogP contribution is 2.28. The van der Waals surface area contributed by atoms with Gasteiger partial charge in [0.25, 0.3) is 11.8 Å². The fraction of sp³-hybridized carbons (Fsp3) is 0.500. The Labute approximate surface area is 162 Å². The Kier molecular flexibility index (Phi) is 4.99. The second kappa shape index (κ2) is 7.44. The number of carbonyl (C=O) groups is 4. The molecule has 2 aliphatic heterocycles. The summed E-state index contributed by atoms with van der Waals surface area (Å²) in [6.07, 6.45) is 4.46. The van der Waals surface area contributed by atoms with Crippen molar-refractivity contribution in [3.8, 4) is 0 Å². The second-order valence-corrected chi connectivity index (χ2v) is 7.83. The zero-order chi connectivity index (χ0) is 19.8. The van der Waals surface area contributed by atoms with Gasteiger partial charge >= 0.3 is 0 Å². The summed E-state index contributed by atoms with van der Waals surface area (Å²) in [5, 5.41) is 5.68. The minimum absolute atomic E-state index is 0.114. The number of imide groups is 2. The lowest BCUT2D eigenvalue weighted by Crippen LogP contribution is -2.54. The number of nitrogens with one attached hydrogen (secondary N) is 2. The van der Waals surface area contributed by atoms with Gasteiger partial charge in [0.15, 0.2) is 0 Å². The average molecular weight is 384 g/mol. The van der Waals surface area contributed by atoms with Crippen molar-refractivity contribution in [2.75, 3.05) is 0 Å². The molecule has 4 amide bonds. The van der Waals surface area contributed by atoms with Gasteiger partial charge in [-0.3, -0.25) is 29.4 Å². The van der Waals surface area contributed by atoms with E-state index in [1.54, 1.807) is 12.1 Å². The summed E-state index contributed by atoms with van der Waals surface area (Å²) in [6, 6.07) is 4.84. The minimum atomic E-state index is -0.935. The van der Waals surface area contributed by atoms with Gasteiger partial charge in [0, 0.05) is 25.0 Å². The molecule has 4 N–H and O–H groups in total. The third-order valence-electron chi connectivity index (χ3n) is 5.81. The Morgan fingerprint density at radius 1 is 1.07 bits per heavy atom. The SMILES string of the molecule is NC1CCCC(NCc2ccc3c(c2)C(=O)N(C2CCC(=O)NC2=O)C3=O)C1. The van der Waals surface area contributed by atoms with E-state index >= 15 is 0 Å². The maximum absolute atomic E-state index is 12.8. The molecule has 0 radical (unpaired) electrons. The van der Waals surface area contributed by atoms with Crippen molar-refractivity contribution < 1.29 is 19.2 Å². The smallest absolute Gasteiger partial charge is 0.262 e. The Hall–Kier alpha value is -2.58. The molecule has 3 unspecified atom stereocenters. The molecule has 3 atom stereocenters. The van der Waals surface area contributed by atoms with Crippen LogP contribution in [0.5, 0.6) is 0 Å². The second-order valence-electron chi connectivity index (χ2n) is 7.83. The lowest BCUT2D eigenvalue weighted by Gasteiger charge is -2.27. The van der Waals surface area contributed by atoms with Gasteiger partial charge in [-0.05, 0) is 43.4 Å². The van der Waals surface area contributed by atoms with Crippen LogP contribution in [0.3, 0.4) is 0 Å². The van der Waals surface area contributed by atoms with Gasteiger partial charge in [-0.15, -0.1) is 0 Å². The van der Waals surface area contributed by atoms with Crippen LogP contribution in [0.25, 0.3) is 0 Å². The van der Waals surface area contributed by atoms with Crippen LogP contribution in [-0.4, -0.2) is 46.7 Å². The highest BCUT2D eigenvalue weighted by Gasteiger charge is 2.44. The molecule has 0 spiro atoms. The fourth-order valence-electron chi connectivity index (χ4n) is 4.30. The largest absolute Gasteiger partial charge is 0.328 e. The Bertz CT molecular complexity index is 853. The molecule has 8 nitrogen and oxygen atoms in total. The molecule has 1 aromatic carbocycles. The number of fused-ring (bicyclic) bond motifs is 1. The van der Waals surface area contributed by atoms with Crippen molar-refractivity contribution >= 4 is 23.6 Å². The summed E-state index contributed by atoms with van der Waals surface area (Å²) in [4.78, 5) is 50.0. The van der Waals surface area contributed by atoms with Gasteiger partial charge in [0.1, 0.15) is 6.04 Å². The van der Waals surface area contributed by atoms with Gasteiger partial charge in [-0.1, -0.05) is 12.5 Å². The maximum atomic E-state index is 12.8. The molecule has 0 bridgehead atoms. The summed E-state index contributed by atoms with van der Waals surface area (Å²) >= 11 is 0. The molecule has 148 valence electrons. The molecular formula is C20H24N4O4. The van der Waals surface area contributed by atoms with E-state index in [1.165, 1.54) is 0 Å². The first-order chi connectivity index (χ1) is 13.4. The van der Waals surface area contributed by atoms with Crippen molar-refractivity contribution in [3.63, 3.8) is 0 Å². The molecule has 1 saturated heterocycles. The standard InChI is InChI=1S/C20H24N4O4/c21-12-2-1-3-13(9-12)22-10-11-4-5-14-15(8-11)20(28)24(19(14)27)16-6-7-17(25)23-18(16)26/h4-5,8,12-13,16,22H,1-3,6-7,9-10,21H2,(H,23,25,26). The number of nitrogens with zero attached hydrogens (tertiary/aromatic N) is 1. The first kappa shape index (κ1) is 18.8. The third-order valence-corrected chi connectivity index (χ3v) is 5.81. The van der Waals surface area contributed by atoms with E-state index in [4.69, 9.17) is 5.73 Å². The van der Waals surface area contributed by atoms with Gasteiger partial charge in [-0.25, -0.2) is 0 Å². The van der Waals surface area contributed by atoms with E-state index in [0.29, 0.717) is 23.7 Å². The Balaban J connectivity index is 1.48.